The number of nitrogens with one attached hydrogen (secondary N) is 1. The highest BCUT2D eigenvalue weighted by molar-refractivity contribution is 5.85. The zero-order chi connectivity index (χ0) is 12.9. The van der Waals surface area contributed by atoms with Gasteiger partial charge in [0, 0.05) is 16.6 Å². The highest BCUT2D eigenvalue weighted by Gasteiger charge is 2.32. The third-order valence-electron chi connectivity index (χ3n) is 4.44. The lowest BCUT2D eigenvalue weighted by Crippen LogP contribution is -2.33. The van der Waals surface area contributed by atoms with E-state index < -0.39 is 0 Å². The molecule has 0 radical (unpaired) electrons. The van der Waals surface area contributed by atoms with Crippen molar-refractivity contribution in [1.29, 1.82) is 0 Å². The van der Waals surface area contributed by atoms with Crippen molar-refractivity contribution in [2.45, 2.75) is 45.1 Å². The smallest absolute Gasteiger partial charge is 0.147 e. The highest BCUT2D eigenvalue weighted by Crippen LogP contribution is 2.38. The van der Waals surface area contributed by atoms with Crippen LogP contribution in [0.15, 0.2) is 12.1 Å². The summed E-state index contributed by atoms with van der Waals surface area (Å²) in [7, 11) is 0. The summed E-state index contributed by atoms with van der Waals surface area (Å²) in [6.07, 6.45) is 4.20. The van der Waals surface area contributed by atoms with E-state index in [0.717, 1.165) is 47.9 Å². The molecular weight excluding hydrogens is 227 g/mol. The average molecular weight is 246 g/mol. The fourth-order valence-electron chi connectivity index (χ4n) is 3.09. The van der Waals surface area contributed by atoms with Crippen LogP contribution in [0.5, 0.6) is 0 Å². The van der Waals surface area contributed by atoms with Crippen LogP contribution in [-0.2, 0) is 5.54 Å². The fraction of sp³-hybridized carbons (Fsp3) is 0.467. The van der Waals surface area contributed by atoms with Crippen molar-refractivity contribution in [3.63, 3.8) is 0 Å². The molecule has 0 amide bonds. The first-order valence-electron chi connectivity index (χ1n) is 6.59. The van der Waals surface area contributed by atoms with Gasteiger partial charge in [0.25, 0.3) is 0 Å². The van der Waals surface area contributed by atoms with Gasteiger partial charge >= 0.3 is 0 Å². The number of rotatable bonds is 1. The lowest BCUT2D eigenvalue weighted by molar-refractivity contribution is 0.459. The topological polar surface area (TPSA) is 41.8 Å². The largest absolute Gasteiger partial charge is 0.356 e. The molecule has 2 nitrogen and oxygen atoms in total. The first-order chi connectivity index (χ1) is 8.51. The van der Waals surface area contributed by atoms with Crippen LogP contribution in [0, 0.1) is 19.7 Å². The van der Waals surface area contributed by atoms with Crippen molar-refractivity contribution in [1.82, 2.24) is 4.98 Å². The van der Waals surface area contributed by atoms with Crippen molar-refractivity contribution < 1.29 is 4.39 Å². The van der Waals surface area contributed by atoms with Gasteiger partial charge in [-0.3, -0.25) is 0 Å². The lowest BCUT2D eigenvalue weighted by Gasteiger charge is -2.24. The molecule has 1 saturated carbocycles. The van der Waals surface area contributed by atoms with Crippen molar-refractivity contribution in [2.75, 3.05) is 0 Å². The summed E-state index contributed by atoms with van der Waals surface area (Å²) < 4.78 is 14.2. The maximum Gasteiger partial charge on any atom is 0.147 e. The van der Waals surface area contributed by atoms with Gasteiger partial charge in [0.2, 0.25) is 0 Å². The van der Waals surface area contributed by atoms with E-state index in [0.29, 0.717) is 5.52 Å². The minimum Gasteiger partial charge on any atom is -0.356 e. The maximum absolute atomic E-state index is 14.2. The van der Waals surface area contributed by atoms with E-state index in [1.54, 1.807) is 6.07 Å². The second-order valence-corrected chi connectivity index (χ2v) is 5.62. The summed E-state index contributed by atoms with van der Waals surface area (Å²) in [4.78, 5) is 3.11. The quantitative estimate of drug-likeness (QED) is 0.792. The number of aromatic nitrogens is 1. The summed E-state index contributed by atoms with van der Waals surface area (Å²) in [5.41, 5.74) is 9.80. The van der Waals surface area contributed by atoms with E-state index in [9.17, 15) is 4.39 Å². The number of nitrogens with two attached hydrogens (primary N) is 1. The van der Waals surface area contributed by atoms with Crippen LogP contribution in [0.2, 0.25) is 0 Å². The Labute approximate surface area is 106 Å². The van der Waals surface area contributed by atoms with Crippen molar-refractivity contribution in [3.05, 3.63) is 34.8 Å². The summed E-state index contributed by atoms with van der Waals surface area (Å²) in [6, 6.07) is 3.69. The van der Waals surface area contributed by atoms with Crippen LogP contribution in [0.25, 0.3) is 10.9 Å². The molecular formula is C15H19FN2. The molecule has 0 atom stereocenters. The standard InChI is InChI=1S/C15H19FN2/c1-9-10(2)18-14-12(9)7-11(8-13(14)16)15(17)5-3-4-6-15/h7-8,18H,3-6,17H2,1-2H3. The molecule has 1 aromatic carbocycles. The van der Waals surface area contributed by atoms with Gasteiger partial charge < -0.3 is 10.7 Å². The minimum absolute atomic E-state index is 0.185. The maximum atomic E-state index is 14.2. The van der Waals surface area contributed by atoms with Crippen LogP contribution in [-0.4, -0.2) is 4.98 Å². The van der Waals surface area contributed by atoms with Crippen LogP contribution in [0.1, 0.15) is 42.5 Å². The van der Waals surface area contributed by atoms with Crippen LogP contribution < -0.4 is 5.73 Å². The Hall–Kier alpha value is -1.35. The Kier molecular flexibility index (Phi) is 2.49. The van der Waals surface area contributed by atoms with Gasteiger partial charge in [-0.1, -0.05) is 12.8 Å². The molecule has 3 rings (SSSR count). The Morgan fingerprint density at radius 1 is 1.22 bits per heavy atom. The fourth-order valence-corrected chi connectivity index (χ4v) is 3.09. The van der Waals surface area contributed by atoms with Crippen LogP contribution in [0.4, 0.5) is 4.39 Å². The van der Waals surface area contributed by atoms with Crippen molar-refractivity contribution in [2.24, 2.45) is 5.73 Å². The summed E-state index contributed by atoms with van der Waals surface area (Å²) >= 11 is 0. The Balaban J connectivity index is 2.23. The van der Waals surface area contributed by atoms with E-state index in [-0.39, 0.29) is 11.4 Å². The molecule has 0 saturated heterocycles. The summed E-state index contributed by atoms with van der Waals surface area (Å²) in [5.74, 6) is -0.185. The SMILES string of the molecule is Cc1[nH]c2c(F)cc(C3(N)CCCC3)cc2c1C. The molecule has 1 aliphatic carbocycles. The molecule has 1 aliphatic rings. The first kappa shape index (κ1) is 11.7. The predicted octanol–water partition coefficient (Wildman–Crippen LogP) is 3.65. The minimum atomic E-state index is -0.327. The van der Waals surface area contributed by atoms with Gasteiger partial charge in [-0.2, -0.15) is 0 Å². The van der Waals surface area contributed by atoms with Gasteiger partial charge in [-0.15, -0.1) is 0 Å². The molecule has 3 N–H and O–H groups in total. The number of aryl methyl sites for hydroxylation is 2. The second-order valence-electron chi connectivity index (χ2n) is 5.62. The molecule has 2 aromatic rings. The van der Waals surface area contributed by atoms with Crippen LogP contribution >= 0.6 is 0 Å². The Bertz CT molecular complexity index is 606. The lowest BCUT2D eigenvalue weighted by atomic mass is 9.88. The predicted molar refractivity (Wildman–Crippen MR) is 72.1 cm³/mol. The van der Waals surface area contributed by atoms with Gasteiger partial charge in [0.05, 0.1) is 5.52 Å². The van der Waals surface area contributed by atoms with Gasteiger partial charge in [-0.05, 0) is 49.9 Å². The molecule has 0 spiro atoms. The van der Waals surface area contributed by atoms with E-state index in [1.165, 1.54) is 0 Å². The molecule has 1 aromatic heterocycles. The number of hydrogen-bond donors (Lipinski definition) is 2. The third-order valence-corrected chi connectivity index (χ3v) is 4.44. The van der Waals surface area contributed by atoms with Crippen molar-refractivity contribution in [3.8, 4) is 0 Å². The number of benzene rings is 1. The molecule has 0 aliphatic heterocycles. The van der Waals surface area contributed by atoms with Crippen LogP contribution in [0.3, 0.4) is 0 Å². The second kappa shape index (κ2) is 3.82. The van der Waals surface area contributed by atoms with Gasteiger partial charge in [0.1, 0.15) is 5.82 Å². The Morgan fingerprint density at radius 3 is 2.56 bits per heavy atom. The molecule has 1 heterocycles. The average Bonchev–Trinajstić information content (AvgIpc) is 2.88. The number of fused-ring (bicyclic) bond motifs is 1. The van der Waals surface area contributed by atoms with Gasteiger partial charge in [0.15, 0.2) is 0 Å². The molecule has 18 heavy (non-hydrogen) atoms. The van der Waals surface area contributed by atoms with E-state index in [1.807, 2.05) is 13.8 Å². The van der Waals surface area contributed by atoms with E-state index >= 15 is 0 Å². The zero-order valence-electron chi connectivity index (χ0n) is 10.9. The highest BCUT2D eigenvalue weighted by atomic mass is 19.1. The first-order valence-corrected chi connectivity index (χ1v) is 6.59. The summed E-state index contributed by atoms with van der Waals surface area (Å²) in [5, 5.41) is 0.972. The Morgan fingerprint density at radius 2 is 1.89 bits per heavy atom. The molecule has 0 bridgehead atoms. The molecule has 96 valence electrons. The zero-order valence-corrected chi connectivity index (χ0v) is 10.9. The van der Waals surface area contributed by atoms with E-state index in [2.05, 4.69) is 11.1 Å². The number of aromatic amines is 1. The molecule has 0 unspecified atom stereocenters. The van der Waals surface area contributed by atoms with E-state index in [4.69, 9.17) is 5.73 Å². The third kappa shape index (κ3) is 1.57. The monoisotopic (exact) mass is 246 g/mol. The van der Waals surface area contributed by atoms with Gasteiger partial charge in [-0.25, -0.2) is 4.39 Å². The number of H-pyrrole nitrogens is 1. The normalized spacial score (nSPS) is 18.7. The number of halogens is 1. The van der Waals surface area contributed by atoms with Crippen molar-refractivity contribution >= 4 is 10.9 Å². The summed E-state index contributed by atoms with van der Waals surface area (Å²) in [6.45, 7) is 4.00. The molecule has 1 fully saturated rings. The number of hydrogen-bond acceptors (Lipinski definition) is 1. The molecule has 3 heteroatoms.